The molecule has 0 aliphatic rings. The molecule has 0 aliphatic heterocycles. The second-order valence-corrected chi connectivity index (χ2v) is 3.92. The van der Waals surface area contributed by atoms with Gasteiger partial charge < -0.3 is 15.8 Å². The van der Waals surface area contributed by atoms with Crippen molar-refractivity contribution in [3.05, 3.63) is 29.8 Å². The predicted octanol–water partition coefficient (Wildman–Crippen LogP) is 0.950. The topological polar surface area (TPSA) is 81.4 Å². The highest BCUT2D eigenvalue weighted by Crippen LogP contribution is 2.07. The Hall–Kier alpha value is -2.04. The molecule has 0 spiro atoms. The average molecular weight is 236 g/mol. The van der Waals surface area contributed by atoms with Crippen LogP contribution in [0.5, 0.6) is 0 Å². The van der Waals surface area contributed by atoms with Crippen molar-refractivity contribution in [2.45, 2.75) is 19.9 Å². The molecule has 0 unspecified atom stereocenters. The zero-order chi connectivity index (χ0) is 12.8. The van der Waals surface area contributed by atoms with Crippen LogP contribution in [0.2, 0.25) is 0 Å². The third-order valence-electron chi connectivity index (χ3n) is 1.91. The molecule has 0 aliphatic carbocycles. The van der Waals surface area contributed by atoms with Gasteiger partial charge in [-0.1, -0.05) is 6.07 Å². The number of ether oxygens (including phenoxy) is 1. The number of carbonyl (C=O) groups is 2. The van der Waals surface area contributed by atoms with Crippen molar-refractivity contribution < 1.29 is 14.3 Å². The van der Waals surface area contributed by atoms with Gasteiger partial charge in [0.15, 0.2) is 6.61 Å². The average Bonchev–Trinajstić information content (AvgIpc) is 2.25. The van der Waals surface area contributed by atoms with Crippen LogP contribution in [0, 0.1) is 0 Å². The Kier molecular flexibility index (Phi) is 4.51. The first-order valence-electron chi connectivity index (χ1n) is 5.31. The Bertz CT molecular complexity index is 416. The molecule has 17 heavy (non-hydrogen) atoms. The molecule has 1 aromatic carbocycles. The van der Waals surface area contributed by atoms with Gasteiger partial charge in [0.2, 0.25) is 0 Å². The fraction of sp³-hybridized carbons (Fsp3) is 0.333. The highest BCUT2D eigenvalue weighted by molar-refractivity contribution is 5.92. The Labute approximate surface area is 99.9 Å². The number of carbonyl (C=O) groups excluding carboxylic acids is 2. The number of benzene rings is 1. The van der Waals surface area contributed by atoms with Gasteiger partial charge in [0.1, 0.15) is 0 Å². The molecule has 5 nitrogen and oxygen atoms in total. The summed E-state index contributed by atoms with van der Waals surface area (Å²) < 4.78 is 4.84. The van der Waals surface area contributed by atoms with E-state index in [1.165, 1.54) is 6.07 Å². The van der Waals surface area contributed by atoms with E-state index in [4.69, 9.17) is 10.5 Å². The maximum absolute atomic E-state index is 11.5. The van der Waals surface area contributed by atoms with E-state index in [1.807, 2.05) is 13.8 Å². The minimum Gasteiger partial charge on any atom is -0.452 e. The number of hydrogen-bond acceptors (Lipinski definition) is 4. The molecule has 0 heterocycles. The van der Waals surface area contributed by atoms with Crippen LogP contribution in [-0.4, -0.2) is 24.5 Å². The summed E-state index contributed by atoms with van der Waals surface area (Å²) in [6.45, 7) is 3.38. The van der Waals surface area contributed by atoms with Crippen molar-refractivity contribution in [3.8, 4) is 0 Å². The summed E-state index contributed by atoms with van der Waals surface area (Å²) in [6.07, 6.45) is 0. The van der Waals surface area contributed by atoms with E-state index in [0.29, 0.717) is 11.3 Å². The Morgan fingerprint density at radius 2 is 2.12 bits per heavy atom. The van der Waals surface area contributed by atoms with E-state index in [1.54, 1.807) is 18.2 Å². The van der Waals surface area contributed by atoms with Crippen molar-refractivity contribution >= 4 is 17.6 Å². The van der Waals surface area contributed by atoms with Crippen LogP contribution < -0.4 is 11.1 Å². The molecular weight excluding hydrogens is 220 g/mol. The van der Waals surface area contributed by atoms with Crippen LogP contribution in [0.3, 0.4) is 0 Å². The molecular formula is C12H16N2O3. The molecule has 1 amide bonds. The minimum atomic E-state index is -0.559. The van der Waals surface area contributed by atoms with Crippen LogP contribution in [-0.2, 0) is 9.53 Å². The lowest BCUT2D eigenvalue weighted by Gasteiger charge is -2.08. The molecule has 0 saturated carbocycles. The molecule has 5 heteroatoms. The first-order chi connectivity index (χ1) is 7.99. The number of esters is 1. The molecule has 0 bridgehead atoms. The first kappa shape index (κ1) is 13.0. The van der Waals surface area contributed by atoms with Gasteiger partial charge in [-0.05, 0) is 32.0 Å². The summed E-state index contributed by atoms with van der Waals surface area (Å²) >= 11 is 0. The summed E-state index contributed by atoms with van der Waals surface area (Å²) in [5.41, 5.74) is 6.34. The summed E-state index contributed by atoms with van der Waals surface area (Å²) in [5, 5.41) is 2.62. The van der Waals surface area contributed by atoms with Gasteiger partial charge in [-0.15, -0.1) is 0 Å². The summed E-state index contributed by atoms with van der Waals surface area (Å²) in [4.78, 5) is 22.8. The van der Waals surface area contributed by atoms with Gasteiger partial charge in [0.05, 0.1) is 5.56 Å². The van der Waals surface area contributed by atoms with E-state index in [-0.39, 0.29) is 18.6 Å². The number of nitrogens with one attached hydrogen (secondary N) is 1. The van der Waals surface area contributed by atoms with Crippen LogP contribution in [0.1, 0.15) is 24.2 Å². The van der Waals surface area contributed by atoms with Gasteiger partial charge in [0.25, 0.3) is 5.91 Å². The maximum Gasteiger partial charge on any atom is 0.338 e. The third kappa shape index (κ3) is 4.55. The summed E-state index contributed by atoms with van der Waals surface area (Å²) in [6, 6.07) is 6.43. The number of nitrogens with two attached hydrogens (primary N) is 1. The van der Waals surface area contributed by atoms with Gasteiger partial charge in [0, 0.05) is 11.7 Å². The van der Waals surface area contributed by atoms with Gasteiger partial charge in [-0.25, -0.2) is 4.79 Å². The van der Waals surface area contributed by atoms with Crippen molar-refractivity contribution in [1.82, 2.24) is 5.32 Å². The first-order valence-corrected chi connectivity index (χ1v) is 5.31. The second kappa shape index (κ2) is 5.89. The van der Waals surface area contributed by atoms with Crippen molar-refractivity contribution in [2.24, 2.45) is 0 Å². The number of rotatable bonds is 4. The number of nitrogen functional groups attached to an aromatic ring is 1. The number of anilines is 1. The molecule has 0 saturated heterocycles. The fourth-order valence-electron chi connectivity index (χ4n) is 1.24. The van der Waals surface area contributed by atoms with E-state index >= 15 is 0 Å². The molecule has 1 aromatic rings. The molecule has 92 valence electrons. The molecule has 0 atom stereocenters. The molecule has 0 fully saturated rings. The highest BCUT2D eigenvalue weighted by atomic mass is 16.5. The molecule has 0 aromatic heterocycles. The van der Waals surface area contributed by atoms with Gasteiger partial charge in [-0.2, -0.15) is 0 Å². The minimum absolute atomic E-state index is 0.0218. The lowest BCUT2D eigenvalue weighted by molar-refractivity contribution is -0.124. The summed E-state index contributed by atoms with van der Waals surface area (Å²) in [5.74, 6) is -0.881. The summed E-state index contributed by atoms with van der Waals surface area (Å²) in [7, 11) is 0. The fourth-order valence-corrected chi connectivity index (χ4v) is 1.24. The van der Waals surface area contributed by atoms with Crippen molar-refractivity contribution in [2.75, 3.05) is 12.3 Å². The number of amides is 1. The van der Waals surface area contributed by atoms with E-state index in [0.717, 1.165) is 0 Å². The van der Waals surface area contributed by atoms with Gasteiger partial charge >= 0.3 is 5.97 Å². The zero-order valence-corrected chi connectivity index (χ0v) is 9.90. The lowest BCUT2D eigenvalue weighted by atomic mass is 10.2. The standard InChI is InChI=1S/C12H16N2O3/c1-8(2)14-11(15)7-17-12(16)9-4-3-5-10(13)6-9/h3-6,8H,7,13H2,1-2H3,(H,14,15). The Morgan fingerprint density at radius 3 is 2.71 bits per heavy atom. The zero-order valence-electron chi connectivity index (χ0n) is 9.90. The van der Waals surface area contributed by atoms with Crippen LogP contribution >= 0.6 is 0 Å². The molecule has 1 rings (SSSR count). The quantitative estimate of drug-likeness (QED) is 0.602. The third-order valence-corrected chi connectivity index (χ3v) is 1.91. The molecule has 3 N–H and O–H groups in total. The normalized spacial score (nSPS) is 10.1. The lowest BCUT2D eigenvalue weighted by Crippen LogP contribution is -2.33. The maximum atomic E-state index is 11.5. The van der Waals surface area contributed by atoms with Gasteiger partial charge in [-0.3, -0.25) is 4.79 Å². The van der Waals surface area contributed by atoms with Crippen molar-refractivity contribution in [3.63, 3.8) is 0 Å². The monoisotopic (exact) mass is 236 g/mol. The van der Waals surface area contributed by atoms with E-state index < -0.39 is 5.97 Å². The van der Waals surface area contributed by atoms with E-state index in [9.17, 15) is 9.59 Å². The Morgan fingerprint density at radius 1 is 1.41 bits per heavy atom. The van der Waals surface area contributed by atoms with Crippen LogP contribution in [0.25, 0.3) is 0 Å². The number of hydrogen-bond donors (Lipinski definition) is 2. The van der Waals surface area contributed by atoms with E-state index in [2.05, 4.69) is 5.32 Å². The SMILES string of the molecule is CC(C)NC(=O)COC(=O)c1cccc(N)c1. The van der Waals surface area contributed by atoms with Crippen LogP contribution in [0.15, 0.2) is 24.3 Å². The predicted molar refractivity (Wildman–Crippen MR) is 64.4 cm³/mol. The second-order valence-electron chi connectivity index (χ2n) is 3.92. The van der Waals surface area contributed by atoms with Crippen molar-refractivity contribution in [1.29, 1.82) is 0 Å². The highest BCUT2D eigenvalue weighted by Gasteiger charge is 2.10. The Balaban J connectivity index is 2.48. The van der Waals surface area contributed by atoms with Crippen LogP contribution in [0.4, 0.5) is 5.69 Å². The smallest absolute Gasteiger partial charge is 0.338 e. The molecule has 0 radical (unpaired) electrons. The largest absolute Gasteiger partial charge is 0.452 e.